The van der Waals surface area contributed by atoms with Crippen molar-refractivity contribution in [3.05, 3.63) is 29.8 Å². The van der Waals surface area contributed by atoms with E-state index in [0.29, 0.717) is 6.10 Å². The van der Waals surface area contributed by atoms with Gasteiger partial charge in [-0.3, -0.25) is 0 Å². The van der Waals surface area contributed by atoms with Gasteiger partial charge in [-0.2, -0.15) is 0 Å². The summed E-state index contributed by atoms with van der Waals surface area (Å²) in [6.07, 6.45) is 5.20. The van der Waals surface area contributed by atoms with Gasteiger partial charge in [0.05, 0.1) is 13.2 Å². The van der Waals surface area contributed by atoms with Crippen molar-refractivity contribution in [3.63, 3.8) is 0 Å². The summed E-state index contributed by atoms with van der Waals surface area (Å²) in [5.74, 6) is 0.944. The van der Waals surface area contributed by atoms with Gasteiger partial charge in [0.25, 0.3) is 0 Å². The second-order valence-electron chi connectivity index (χ2n) is 6.31. The Morgan fingerprint density at radius 3 is 2.90 bits per heavy atom. The Labute approximate surface area is 121 Å². The third-order valence-corrected chi connectivity index (χ3v) is 4.84. The quantitative estimate of drug-likeness (QED) is 0.866. The smallest absolute Gasteiger partial charge is 0.119 e. The molecule has 0 spiro atoms. The predicted octanol–water partition coefficient (Wildman–Crippen LogP) is 2.78. The average Bonchev–Trinajstić information content (AvgIpc) is 3.23. The number of rotatable bonds is 6. The van der Waals surface area contributed by atoms with Crippen LogP contribution in [0.15, 0.2) is 24.3 Å². The Kier molecular flexibility index (Phi) is 3.99. The van der Waals surface area contributed by atoms with E-state index in [-0.39, 0.29) is 5.41 Å². The number of nitrogens with one attached hydrogen (secondary N) is 1. The topological polar surface area (TPSA) is 30.5 Å². The maximum Gasteiger partial charge on any atom is 0.119 e. The van der Waals surface area contributed by atoms with Crippen LogP contribution in [0.5, 0.6) is 5.75 Å². The number of hydrogen-bond acceptors (Lipinski definition) is 3. The highest BCUT2D eigenvalue weighted by atomic mass is 16.5. The van der Waals surface area contributed by atoms with Gasteiger partial charge in [0.15, 0.2) is 0 Å². The first-order chi connectivity index (χ1) is 9.72. The van der Waals surface area contributed by atoms with E-state index in [1.54, 1.807) is 7.11 Å². The number of ether oxygens (including phenoxy) is 2. The summed E-state index contributed by atoms with van der Waals surface area (Å²) in [7, 11) is 1.73. The molecule has 1 aliphatic heterocycles. The zero-order chi connectivity index (χ0) is 14.0. The minimum atomic E-state index is 0.231. The lowest BCUT2D eigenvalue weighted by atomic mass is 9.76. The van der Waals surface area contributed by atoms with Crippen molar-refractivity contribution in [2.75, 3.05) is 20.3 Å². The van der Waals surface area contributed by atoms with Gasteiger partial charge in [-0.05, 0) is 50.3 Å². The maximum atomic E-state index is 5.88. The second-order valence-corrected chi connectivity index (χ2v) is 6.31. The van der Waals surface area contributed by atoms with Crippen LogP contribution < -0.4 is 10.1 Å². The van der Waals surface area contributed by atoms with E-state index in [4.69, 9.17) is 9.47 Å². The number of benzene rings is 1. The molecule has 3 nitrogen and oxygen atoms in total. The third-order valence-electron chi connectivity index (χ3n) is 4.84. The Morgan fingerprint density at radius 1 is 1.40 bits per heavy atom. The minimum Gasteiger partial charge on any atom is -0.497 e. The molecule has 2 atom stereocenters. The normalized spacial score (nSPS) is 29.6. The molecule has 0 radical (unpaired) electrons. The molecule has 2 unspecified atom stereocenters. The minimum absolute atomic E-state index is 0.231. The van der Waals surface area contributed by atoms with Crippen LogP contribution in [0, 0.1) is 5.41 Å². The fraction of sp³-hybridized carbons (Fsp3) is 0.647. The third kappa shape index (κ3) is 2.99. The standard InChI is InChI=1S/C17H25NO2/c1-13-17(8-9-20-13,12-18-15-6-7-15)11-14-4-3-5-16(10-14)19-2/h3-5,10,13,15,18H,6-9,11-12H2,1-2H3. The fourth-order valence-electron chi connectivity index (χ4n) is 3.17. The number of methoxy groups -OCH3 is 1. The highest BCUT2D eigenvalue weighted by molar-refractivity contribution is 5.29. The fourth-order valence-corrected chi connectivity index (χ4v) is 3.17. The van der Waals surface area contributed by atoms with E-state index in [1.807, 2.05) is 6.07 Å². The van der Waals surface area contributed by atoms with E-state index in [9.17, 15) is 0 Å². The molecule has 20 heavy (non-hydrogen) atoms. The molecular formula is C17H25NO2. The molecule has 0 amide bonds. The Morgan fingerprint density at radius 2 is 2.25 bits per heavy atom. The highest BCUT2D eigenvalue weighted by Gasteiger charge is 2.42. The van der Waals surface area contributed by atoms with Crippen molar-refractivity contribution < 1.29 is 9.47 Å². The Balaban J connectivity index is 1.74. The van der Waals surface area contributed by atoms with Crippen LogP contribution >= 0.6 is 0 Å². The van der Waals surface area contributed by atoms with E-state index in [1.165, 1.54) is 18.4 Å². The first-order valence-electron chi connectivity index (χ1n) is 7.70. The van der Waals surface area contributed by atoms with Gasteiger partial charge in [0.1, 0.15) is 5.75 Å². The monoisotopic (exact) mass is 275 g/mol. The first kappa shape index (κ1) is 13.9. The summed E-state index contributed by atoms with van der Waals surface area (Å²) in [6.45, 7) is 4.18. The van der Waals surface area contributed by atoms with Crippen LogP contribution in [0.1, 0.15) is 31.7 Å². The Hall–Kier alpha value is -1.06. The first-order valence-corrected chi connectivity index (χ1v) is 7.70. The van der Waals surface area contributed by atoms with Gasteiger partial charge in [-0.1, -0.05) is 12.1 Å². The zero-order valence-electron chi connectivity index (χ0n) is 12.5. The molecule has 1 aromatic rings. The lowest BCUT2D eigenvalue weighted by Crippen LogP contribution is -2.42. The van der Waals surface area contributed by atoms with Crippen LogP contribution in [0.25, 0.3) is 0 Å². The summed E-state index contributed by atoms with van der Waals surface area (Å²) in [4.78, 5) is 0. The van der Waals surface area contributed by atoms with Crippen molar-refractivity contribution >= 4 is 0 Å². The summed E-state index contributed by atoms with van der Waals surface area (Å²) < 4.78 is 11.2. The lowest BCUT2D eigenvalue weighted by molar-refractivity contribution is 0.0628. The average molecular weight is 275 g/mol. The van der Waals surface area contributed by atoms with Gasteiger partial charge in [-0.25, -0.2) is 0 Å². The summed E-state index contributed by atoms with van der Waals surface area (Å²) in [5, 5.41) is 3.71. The summed E-state index contributed by atoms with van der Waals surface area (Å²) >= 11 is 0. The maximum absolute atomic E-state index is 5.88. The molecule has 1 saturated carbocycles. The molecule has 0 aromatic heterocycles. The molecule has 0 bridgehead atoms. The zero-order valence-corrected chi connectivity index (χ0v) is 12.5. The molecule has 1 saturated heterocycles. The van der Waals surface area contributed by atoms with Crippen LogP contribution in [0.3, 0.4) is 0 Å². The predicted molar refractivity (Wildman–Crippen MR) is 80.2 cm³/mol. The molecule has 1 N–H and O–H groups in total. The van der Waals surface area contributed by atoms with Crippen LogP contribution in [0.4, 0.5) is 0 Å². The molecule has 2 fully saturated rings. The Bertz CT molecular complexity index is 458. The van der Waals surface area contributed by atoms with Crippen molar-refractivity contribution in [2.24, 2.45) is 5.41 Å². The van der Waals surface area contributed by atoms with Crippen LogP contribution in [-0.4, -0.2) is 32.4 Å². The van der Waals surface area contributed by atoms with Gasteiger partial charge >= 0.3 is 0 Å². The van der Waals surface area contributed by atoms with E-state index < -0.39 is 0 Å². The van der Waals surface area contributed by atoms with Gasteiger partial charge in [0, 0.05) is 24.6 Å². The lowest BCUT2D eigenvalue weighted by Gasteiger charge is -2.33. The molecule has 1 heterocycles. The molecule has 2 aliphatic rings. The molecule has 3 rings (SSSR count). The van der Waals surface area contributed by atoms with Crippen molar-refractivity contribution in [3.8, 4) is 5.75 Å². The van der Waals surface area contributed by atoms with Gasteiger partial charge in [0.2, 0.25) is 0 Å². The van der Waals surface area contributed by atoms with E-state index >= 15 is 0 Å². The van der Waals surface area contributed by atoms with Crippen LogP contribution in [0.2, 0.25) is 0 Å². The van der Waals surface area contributed by atoms with Gasteiger partial charge in [-0.15, -0.1) is 0 Å². The second kappa shape index (κ2) is 5.74. The number of hydrogen-bond donors (Lipinski definition) is 1. The van der Waals surface area contributed by atoms with E-state index in [0.717, 1.165) is 37.8 Å². The van der Waals surface area contributed by atoms with E-state index in [2.05, 4.69) is 30.4 Å². The van der Waals surface area contributed by atoms with Gasteiger partial charge < -0.3 is 14.8 Å². The molecule has 3 heteroatoms. The molecule has 110 valence electrons. The van der Waals surface area contributed by atoms with Crippen LogP contribution in [-0.2, 0) is 11.2 Å². The largest absolute Gasteiger partial charge is 0.497 e. The highest BCUT2D eigenvalue weighted by Crippen LogP contribution is 2.39. The van der Waals surface area contributed by atoms with Crippen molar-refractivity contribution in [1.82, 2.24) is 5.32 Å². The summed E-state index contributed by atoms with van der Waals surface area (Å²) in [6, 6.07) is 9.20. The summed E-state index contributed by atoms with van der Waals surface area (Å²) in [5.41, 5.74) is 1.58. The van der Waals surface area contributed by atoms with Crippen molar-refractivity contribution in [2.45, 2.75) is 44.8 Å². The van der Waals surface area contributed by atoms with Crippen molar-refractivity contribution in [1.29, 1.82) is 0 Å². The molecule has 1 aromatic carbocycles. The SMILES string of the molecule is COc1cccc(CC2(CNC3CC3)CCOC2C)c1. The molecule has 1 aliphatic carbocycles. The molecular weight excluding hydrogens is 250 g/mol.